The van der Waals surface area contributed by atoms with E-state index in [4.69, 9.17) is 5.11 Å². The molecule has 2 aliphatic rings. The molecule has 17 heavy (non-hydrogen) atoms. The van der Waals surface area contributed by atoms with Crippen molar-refractivity contribution >= 4 is 12.0 Å². The van der Waals surface area contributed by atoms with Gasteiger partial charge in [-0.3, -0.25) is 0 Å². The number of rotatable bonds is 3. The maximum Gasteiger partial charge on any atom is 0.326 e. The maximum absolute atomic E-state index is 11.8. The molecule has 6 heteroatoms. The summed E-state index contributed by atoms with van der Waals surface area (Å²) in [6.07, 6.45) is 1.56. The Morgan fingerprint density at radius 3 is 2.65 bits per heavy atom. The summed E-state index contributed by atoms with van der Waals surface area (Å²) >= 11 is 0. The van der Waals surface area contributed by atoms with Crippen molar-refractivity contribution in [3.05, 3.63) is 0 Å². The lowest BCUT2D eigenvalue weighted by atomic mass is 10.1. The number of carbonyl (C=O) groups is 2. The summed E-state index contributed by atoms with van der Waals surface area (Å²) in [5, 5.41) is 21.1. The third-order valence-electron chi connectivity index (χ3n) is 3.59. The molecule has 0 spiro atoms. The van der Waals surface area contributed by atoms with E-state index in [9.17, 15) is 14.7 Å². The summed E-state index contributed by atoms with van der Waals surface area (Å²) in [4.78, 5) is 24.0. The molecule has 0 aromatic rings. The van der Waals surface area contributed by atoms with Crippen molar-refractivity contribution in [1.82, 2.24) is 10.2 Å². The lowest BCUT2D eigenvalue weighted by Crippen LogP contribution is -2.47. The predicted octanol–water partition coefficient (Wildman–Crippen LogP) is 0.0159. The summed E-state index contributed by atoms with van der Waals surface area (Å²) in [7, 11) is 0. The summed E-state index contributed by atoms with van der Waals surface area (Å²) in [5.41, 5.74) is 0.187. The van der Waals surface area contributed by atoms with Crippen LogP contribution in [0, 0.1) is 5.41 Å². The van der Waals surface area contributed by atoms with Crippen LogP contribution >= 0.6 is 0 Å². The second-order valence-corrected chi connectivity index (χ2v) is 5.37. The topological polar surface area (TPSA) is 89.9 Å². The molecule has 1 aliphatic heterocycles. The highest BCUT2D eigenvalue weighted by Crippen LogP contribution is 2.44. The van der Waals surface area contributed by atoms with Crippen molar-refractivity contribution in [2.45, 2.75) is 38.3 Å². The molecular weight excluding hydrogens is 224 g/mol. The van der Waals surface area contributed by atoms with Crippen molar-refractivity contribution < 1.29 is 19.8 Å². The summed E-state index contributed by atoms with van der Waals surface area (Å²) in [6, 6.07) is -1.29. The number of hydrogen-bond acceptors (Lipinski definition) is 3. The van der Waals surface area contributed by atoms with Crippen LogP contribution < -0.4 is 5.32 Å². The number of urea groups is 1. The number of aliphatic carboxylic acids is 1. The number of carboxylic acid groups (broad SMARTS) is 1. The van der Waals surface area contributed by atoms with E-state index in [1.165, 1.54) is 4.90 Å². The van der Waals surface area contributed by atoms with Gasteiger partial charge in [0.15, 0.2) is 0 Å². The van der Waals surface area contributed by atoms with Crippen LogP contribution in [0.4, 0.5) is 4.79 Å². The van der Waals surface area contributed by atoms with E-state index in [2.05, 4.69) is 12.2 Å². The largest absolute Gasteiger partial charge is 0.480 e. The molecule has 96 valence electrons. The van der Waals surface area contributed by atoms with Crippen LogP contribution in [0.25, 0.3) is 0 Å². The van der Waals surface area contributed by atoms with Gasteiger partial charge in [-0.25, -0.2) is 9.59 Å². The van der Waals surface area contributed by atoms with Gasteiger partial charge >= 0.3 is 12.0 Å². The molecule has 0 bridgehead atoms. The second-order valence-electron chi connectivity index (χ2n) is 5.37. The van der Waals surface area contributed by atoms with Gasteiger partial charge in [0.1, 0.15) is 6.04 Å². The molecular formula is C11H18N2O4. The van der Waals surface area contributed by atoms with Crippen LogP contribution in [-0.4, -0.2) is 52.3 Å². The molecule has 2 fully saturated rings. The lowest BCUT2D eigenvalue weighted by molar-refractivity contribution is -0.141. The van der Waals surface area contributed by atoms with Crippen molar-refractivity contribution in [2.75, 3.05) is 13.1 Å². The van der Waals surface area contributed by atoms with E-state index in [0.29, 0.717) is 6.54 Å². The fourth-order valence-corrected chi connectivity index (χ4v) is 2.05. The van der Waals surface area contributed by atoms with Crippen LogP contribution in [0.15, 0.2) is 0 Å². The Hall–Kier alpha value is -1.30. The predicted molar refractivity (Wildman–Crippen MR) is 59.5 cm³/mol. The molecule has 2 rings (SSSR count). The van der Waals surface area contributed by atoms with Crippen molar-refractivity contribution in [3.63, 3.8) is 0 Å². The Balaban J connectivity index is 1.90. The number of aliphatic hydroxyl groups excluding tert-OH is 1. The fourth-order valence-electron chi connectivity index (χ4n) is 2.05. The minimum atomic E-state index is -1.06. The molecule has 1 aliphatic carbocycles. The molecule has 6 nitrogen and oxygen atoms in total. The van der Waals surface area contributed by atoms with Crippen molar-refractivity contribution in [1.29, 1.82) is 0 Å². The highest BCUT2D eigenvalue weighted by molar-refractivity contribution is 5.83. The average molecular weight is 242 g/mol. The van der Waals surface area contributed by atoms with Crippen LogP contribution in [0.5, 0.6) is 0 Å². The number of likely N-dealkylation sites (tertiary alicyclic amines) is 1. The number of hydrogen-bond donors (Lipinski definition) is 3. The van der Waals surface area contributed by atoms with Gasteiger partial charge in [-0.2, -0.15) is 0 Å². The number of amides is 2. The summed E-state index contributed by atoms with van der Waals surface area (Å²) in [6.45, 7) is 2.76. The van der Waals surface area contributed by atoms with Crippen LogP contribution in [0.2, 0.25) is 0 Å². The Morgan fingerprint density at radius 1 is 1.47 bits per heavy atom. The van der Waals surface area contributed by atoms with Gasteiger partial charge in [0, 0.05) is 19.5 Å². The molecule has 2 amide bonds. The van der Waals surface area contributed by atoms with E-state index < -0.39 is 18.1 Å². The average Bonchev–Trinajstić information content (AvgIpc) is 2.85. The van der Waals surface area contributed by atoms with Gasteiger partial charge in [-0.15, -0.1) is 0 Å². The van der Waals surface area contributed by atoms with Crippen LogP contribution in [0.3, 0.4) is 0 Å². The second kappa shape index (κ2) is 4.18. The summed E-state index contributed by atoms with van der Waals surface area (Å²) in [5.74, 6) is -1.06. The first-order valence-electron chi connectivity index (χ1n) is 5.87. The minimum Gasteiger partial charge on any atom is -0.480 e. The number of nitrogens with one attached hydrogen (secondary N) is 1. The normalized spacial score (nSPS) is 30.1. The number of carboxylic acids is 1. The highest BCUT2D eigenvalue weighted by atomic mass is 16.4. The Bertz CT molecular complexity index is 340. The molecule has 1 saturated heterocycles. The monoisotopic (exact) mass is 242 g/mol. The van der Waals surface area contributed by atoms with E-state index in [1.54, 1.807) is 0 Å². The number of aliphatic hydroxyl groups is 1. The van der Waals surface area contributed by atoms with Gasteiger partial charge in [-0.05, 0) is 18.3 Å². The smallest absolute Gasteiger partial charge is 0.326 e. The van der Waals surface area contributed by atoms with Gasteiger partial charge in [0.05, 0.1) is 6.10 Å². The molecule has 0 aromatic heterocycles. The molecule has 3 N–H and O–H groups in total. The summed E-state index contributed by atoms with van der Waals surface area (Å²) < 4.78 is 0. The zero-order valence-corrected chi connectivity index (χ0v) is 9.85. The minimum absolute atomic E-state index is 0.0967. The van der Waals surface area contributed by atoms with Gasteiger partial charge in [0.2, 0.25) is 0 Å². The molecule has 2 atom stereocenters. The highest BCUT2D eigenvalue weighted by Gasteiger charge is 2.41. The third-order valence-corrected chi connectivity index (χ3v) is 3.59. The SMILES string of the molecule is CC1(CNC(=O)N2C[C@H](O)C[C@@H]2C(=O)O)CC1. The van der Waals surface area contributed by atoms with Crippen LogP contribution in [-0.2, 0) is 4.79 Å². The Morgan fingerprint density at radius 2 is 2.12 bits per heavy atom. The fraction of sp³-hybridized carbons (Fsp3) is 0.818. The molecule has 0 unspecified atom stereocenters. The molecule has 1 heterocycles. The molecule has 1 saturated carbocycles. The first kappa shape index (κ1) is 12.2. The van der Waals surface area contributed by atoms with E-state index in [-0.39, 0.29) is 24.4 Å². The van der Waals surface area contributed by atoms with Crippen molar-refractivity contribution in [2.24, 2.45) is 5.41 Å². The van der Waals surface area contributed by atoms with E-state index >= 15 is 0 Å². The third kappa shape index (κ3) is 2.69. The lowest BCUT2D eigenvalue weighted by Gasteiger charge is -2.22. The Kier molecular flexibility index (Phi) is 2.99. The first-order valence-corrected chi connectivity index (χ1v) is 5.87. The van der Waals surface area contributed by atoms with E-state index in [0.717, 1.165) is 12.8 Å². The van der Waals surface area contributed by atoms with Gasteiger partial charge in [-0.1, -0.05) is 6.92 Å². The van der Waals surface area contributed by atoms with E-state index in [1.807, 2.05) is 0 Å². The van der Waals surface area contributed by atoms with Gasteiger partial charge in [0.25, 0.3) is 0 Å². The number of β-amino-alcohol motifs (C(OH)–C–C–N with tert-alkyl or cyclic N) is 1. The van der Waals surface area contributed by atoms with Gasteiger partial charge < -0.3 is 20.4 Å². The standard InChI is InChI=1S/C11H18N2O4/c1-11(2-3-11)6-12-10(17)13-5-7(14)4-8(13)9(15)16/h7-8,14H,2-6H2,1H3,(H,12,17)(H,15,16)/t7-,8-/m1/s1. The quantitative estimate of drug-likeness (QED) is 0.650. The number of carbonyl (C=O) groups excluding carboxylic acids is 1. The maximum atomic E-state index is 11.8. The van der Waals surface area contributed by atoms with Crippen LogP contribution in [0.1, 0.15) is 26.2 Å². The number of nitrogens with zero attached hydrogens (tertiary/aromatic N) is 1. The zero-order chi connectivity index (χ0) is 12.6. The zero-order valence-electron chi connectivity index (χ0n) is 9.85. The first-order chi connectivity index (χ1) is 7.91. The Labute approximate surface area is 99.6 Å². The van der Waals surface area contributed by atoms with Crippen molar-refractivity contribution in [3.8, 4) is 0 Å². The molecule has 0 radical (unpaired) electrons. The molecule has 0 aromatic carbocycles.